The SMILES string of the molecule is CC(C)(C)c1ccc([SiH](c2ccc(C(C)(C)C)cc2)[C@H](CCCc2ccccc2)[SiH2]c2ccccc2)cc1. The van der Waals surface area contributed by atoms with E-state index in [0.717, 1.165) is 5.16 Å². The van der Waals surface area contributed by atoms with Crippen molar-refractivity contribution in [3.8, 4) is 0 Å². The largest absolute Gasteiger partial charge is 0.103 e. The summed E-state index contributed by atoms with van der Waals surface area (Å²) in [5, 5.41) is 5.61. The summed E-state index contributed by atoms with van der Waals surface area (Å²) in [6.07, 6.45) is 3.75. The fourth-order valence-corrected chi connectivity index (χ4v) is 13.9. The molecule has 0 unspecified atom stereocenters. The predicted molar refractivity (Wildman–Crippen MR) is 174 cm³/mol. The minimum Gasteiger partial charge on any atom is -0.0669 e. The number of aryl methyl sites for hydroxylation is 1. The summed E-state index contributed by atoms with van der Waals surface area (Å²) in [5.74, 6) is 0. The highest BCUT2D eigenvalue weighted by Crippen LogP contribution is 2.25. The number of hydrogen-bond acceptors (Lipinski definition) is 0. The fraction of sp³-hybridized carbons (Fsp3) is 0.333. The molecule has 198 valence electrons. The van der Waals surface area contributed by atoms with Gasteiger partial charge in [-0.2, -0.15) is 0 Å². The van der Waals surface area contributed by atoms with Gasteiger partial charge in [0.2, 0.25) is 0 Å². The van der Waals surface area contributed by atoms with Crippen LogP contribution in [0.25, 0.3) is 0 Å². The molecule has 0 fully saturated rings. The van der Waals surface area contributed by atoms with E-state index in [9.17, 15) is 0 Å². The van der Waals surface area contributed by atoms with E-state index in [1.165, 1.54) is 36.0 Å². The van der Waals surface area contributed by atoms with E-state index in [-0.39, 0.29) is 10.8 Å². The Balaban J connectivity index is 1.71. The Labute approximate surface area is 236 Å². The van der Waals surface area contributed by atoms with Crippen molar-refractivity contribution in [2.45, 2.75) is 76.8 Å². The minimum atomic E-state index is -1.45. The Morgan fingerprint density at radius 2 is 1.03 bits per heavy atom. The van der Waals surface area contributed by atoms with Gasteiger partial charge < -0.3 is 0 Å². The van der Waals surface area contributed by atoms with Crippen LogP contribution < -0.4 is 15.6 Å². The van der Waals surface area contributed by atoms with Gasteiger partial charge in [-0.15, -0.1) is 0 Å². The Bertz CT molecular complexity index is 1190. The molecule has 0 aliphatic heterocycles. The zero-order valence-corrected chi connectivity index (χ0v) is 26.9. The molecule has 0 nitrogen and oxygen atoms in total. The first kappa shape index (κ1) is 28.3. The standard InChI is InChI=1S/C36H46Si2/c1-35(2,3)29-20-24-32(25-21-29)38(33-26-22-30(23-27-33)36(4,5)6)34(37-31-17-11-8-12-18-31)19-13-16-28-14-9-7-10-15-28/h7-12,14-15,17-18,20-27,34,38H,13,16,19,37H2,1-6H3/t34-/m1/s1. The van der Waals surface area contributed by atoms with Crippen molar-refractivity contribution in [2.24, 2.45) is 0 Å². The van der Waals surface area contributed by atoms with Crippen LogP contribution >= 0.6 is 0 Å². The maximum atomic E-state index is 2.48. The molecule has 0 N–H and O–H groups in total. The molecule has 38 heavy (non-hydrogen) atoms. The van der Waals surface area contributed by atoms with Crippen LogP contribution in [-0.4, -0.2) is 18.3 Å². The van der Waals surface area contributed by atoms with Gasteiger partial charge in [-0.3, -0.25) is 0 Å². The summed E-state index contributed by atoms with van der Waals surface area (Å²) in [6.45, 7) is 13.9. The van der Waals surface area contributed by atoms with Crippen LogP contribution in [0.5, 0.6) is 0 Å². The van der Waals surface area contributed by atoms with Crippen LogP contribution in [0.15, 0.2) is 109 Å². The lowest BCUT2D eigenvalue weighted by Crippen LogP contribution is -2.49. The second-order valence-corrected chi connectivity index (χ2v) is 19.5. The number of hydrogen-bond donors (Lipinski definition) is 0. The van der Waals surface area contributed by atoms with Gasteiger partial charge in [0.25, 0.3) is 0 Å². The van der Waals surface area contributed by atoms with Crippen LogP contribution in [0.3, 0.4) is 0 Å². The lowest BCUT2D eigenvalue weighted by Gasteiger charge is -2.29. The van der Waals surface area contributed by atoms with Crippen molar-refractivity contribution in [1.82, 2.24) is 0 Å². The highest BCUT2D eigenvalue weighted by atomic mass is 28.3. The van der Waals surface area contributed by atoms with E-state index in [2.05, 4.69) is 151 Å². The molecule has 0 aromatic heterocycles. The molecule has 4 aromatic carbocycles. The summed E-state index contributed by atoms with van der Waals surface area (Å²) in [5.41, 5.74) is 4.68. The van der Waals surface area contributed by atoms with Crippen LogP contribution in [0.4, 0.5) is 0 Å². The Hall–Kier alpha value is -2.69. The molecule has 0 saturated carbocycles. The molecular weight excluding hydrogens is 489 g/mol. The normalized spacial score (nSPS) is 13.3. The highest BCUT2D eigenvalue weighted by Gasteiger charge is 2.28. The third-order valence-corrected chi connectivity index (χ3v) is 15.4. The maximum absolute atomic E-state index is 2.48. The van der Waals surface area contributed by atoms with Crippen molar-refractivity contribution in [3.63, 3.8) is 0 Å². The lowest BCUT2D eigenvalue weighted by molar-refractivity contribution is 0.590. The van der Waals surface area contributed by atoms with E-state index < -0.39 is 18.3 Å². The Morgan fingerprint density at radius 1 is 0.579 bits per heavy atom. The predicted octanol–water partition coefficient (Wildman–Crippen LogP) is 6.47. The molecule has 0 bridgehead atoms. The zero-order chi connectivity index (χ0) is 27.2. The zero-order valence-electron chi connectivity index (χ0n) is 24.4. The Morgan fingerprint density at radius 3 is 1.47 bits per heavy atom. The highest BCUT2D eigenvalue weighted by molar-refractivity contribution is 6.93. The van der Waals surface area contributed by atoms with Crippen molar-refractivity contribution >= 4 is 33.9 Å². The number of benzene rings is 4. The van der Waals surface area contributed by atoms with E-state index in [1.54, 1.807) is 15.6 Å². The lowest BCUT2D eigenvalue weighted by atomic mass is 9.87. The average molecular weight is 535 g/mol. The third kappa shape index (κ3) is 7.68. The van der Waals surface area contributed by atoms with Gasteiger partial charge in [0.1, 0.15) is 8.80 Å². The van der Waals surface area contributed by atoms with E-state index in [1.807, 2.05) is 0 Å². The van der Waals surface area contributed by atoms with Gasteiger partial charge in [0, 0.05) is 0 Å². The van der Waals surface area contributed by atoms with Gasteiger partial charge >= 0.3 is 0 Å². The van der Waals surface area contributed by atoms with Crippen LogP contribution in [0.1, 0.15) is 71.1 Å². The average Bonchev–Trinajstić information content (AvgIpc) is 2.89. The molecule has 0 spiro atoms. The fourth-order valence-electron chi connectivity index (χ4n) is 5.63. The minimum absolute atomic E-state index is 0.178. The molecule has 0 aliphatic rings. The molecule has 4 aromatic rings. The number of rotatable bonds is 9. The third-order valence-electron chi connectivity index (χ3n) is 7.97. The first-order chi connectivity index (χ1) is 18.1. The Kier molecular flexibility index (Phi) is 9.28. The van der Waals surface area contributed by atoms with Crippen molar-refractivity contribution < 1.29 is 0 Å². The van der Waals surface area contributed by atoms with Gasteiger partial charge in [-0.05, 0) is 45.5 Å². The summed E-state index contributed by atoms with van der Waals surface area (Å²) >= 11 is 0. The summed E-state index contributed by atoms with van der Waals surface area (Å²) in [4.78, 5) is 0. The molecule has 2 heteroatoms. The van der Waals surface area contributed by atoms with Gasteiger partial charge in [0.15, 0.2) is 0 Å². The first-order valence-electron chi connectivity index (χ1n) is 14.4. The van der Waals surface area contributed by atoms with Crippen LogP contribution in [0.2, 0.25) is 5.16 Å². The molecule has 0 amide bonds. The molecule has 0 aliphatic carbocycles. The van der Waals surface area contributed by atoms with Crippen LogP contribution in [0, 0.1) is 0 Å². The molecule has 0 saturated heterocycles. The smallest absolute Gasteiger partial charge is 0.0669 e. The molecule has 1 atom stereocenters. The van der Waals surface area contributed by atoms with Gasteiger partial charge in [0.05, 0.1) is 9.52 Å². The second-order valence-electron chi connectivity index (χ2n) is 13.0. The molecular formula is C36H46Si2. The van der Waals surface area contributed by atoms with E-state index in [4.69, 9.17) is 0 Å². The first-order valence-corrected chi connectivity index (χ1v) is 17.7. The quantitative estimate of drug-likeness (QED) is 0.216. The van der Waals surface area contributed by atoms with E-state index >= 15 is 0 Å². The topological polar surface area (TPSA) is 0 Å². The maximum Gasteiger partial charge on any atom is 0.103 e. The summed E-state index contributed by atoms with van der Waals surface area (Å²) < 4.78 is 0. The summed E-state index contributed by atoms with van der Waals surface area (Å²) in [7, 11) is -1.89. The summed E-state index contributed by atoms with van der Waals surface area (Å²) in [6, 6.07) is 42.0. The molecule has 0 heterocycles. The van der Waals surface area contributed by atoms with Crippen molar-refractivity contribution in [3.05, 3.63) is 126 Å². The molecule has 0 radical (unpaired) electrons. The monoisotopic (exact) mass is 534 g/mol. The van der Waals surface area contributed by atoms with Crippen molar-refractivity contribution in [1.29, 1.82) is 0 Å². The van der Waals surface area contributed by atoms with Crippen molar-refractivity contribution in [2.75, 3.05) is 0 Å². The van der Waals surface area contributed by atoms with E-state index in [0.29, 0.717) is 0 Å². The second kappa shape index (κ2) is 12.4. The van der Waals surface area contributed by atoms with Gasteiger partial charge in [-0.25, -0.2) is 0 Å². The molecule has 4 rings (SSSR count). The van der Waals surface area contributed by atoms with Crippen LogP contribution in [-0.2, 0) is 17.3 Å². The van der Waals surface area contributed by atoms with Gasteiger partial charge in [-0.1, -0.05) is 173 Å².